The maximum Gasteiger partial charge on any atom is 0.291 e. The summed E-state index contributed by atoms with van der Waals surface area (Å²) >= 11 is 5.99. The molecule has 0 atom stereocenters. The van der Waals surface area contributed by atoms with Crippen LogP contribution in [-0.2, 0) is 0 Å². The lowest BCUT2D eigenvalue weighted by molar-refractivity contribution is -0.384. The Kier molecular flexibility index (Phi) is 2.43. The molecule has 1 aromatic heterocycles. The van der Waals surface area contributed by atoms with Crippen LogP contribution >= 0.6 is 11.6 Å². The van der Waals surface area contributed by atoms with Crippen LogP contribution in [0.1, 0.15) is 0 Å². The fraction of sp³-hybridized carbons (Fsp3) is 0. The number of nitro groups is 1. The average Bonchev–Trinajstić information content (AvgIpc) is 2.84. The van der Waals surface area contributed by atoms with Crippen molar-refractivity contribution in [2.45, 2.75) is 0 Å². The van der Waals surface area contributed by atoms with Crippen molar-refractivity contribution in [3.05, 3.63) is 63.7 Å². The highest BCUT2D eigenvalue weighted by molar-refractivity contribution is 6.34. The topological polar surface area (TPSA) is 56.3 Å². The quantitative estimate of drug-likeness (QED) is 0.354. The van der Waals surface area contributed by atoms with Crippen LogP contribution in [0.2, 0.25) is 5.02 Å². The first kappa shape index (κ1) is 12.2. The number of hydrogen-bond donors (Lipinski definition) is 0. The van der Waals surface area contributed by atoms with Crippen molar-refractivity contribution in [1.29, 1.82) is 0 Å². The van der Waals surface area contributed by atoms with Crippen molar-refractivity contribution < 1.29 is 9.34 Å². The maximum atomic E-state index is 11.0. The van der Waals surface area contributed by atoms with Gasteiger partial charge in [0.2, 0.25) is 0 Å². The standard InChI is InChI=1S/C16H8ClNO3/c17-13-7-12-11-6-5-9-3-1-2-4-10(9)16(11)21-15(12)8-14(13)18(19)20/h1-8H. The maximum absolute atomic E-state index is 11.0. The first-order valence-corrected chi connectivity index (χ1v) is 6.71. The molecular weight excluding hydrogens is 290 g/mol. The minimum absolute atomic E-state index is 0.114. The molecular formula is C16H8ClNO3. The number of benzene rings is 3. The van der Waals surface area contributed by atoms with Crippen LogP contribution in [0.4, 0.5) is 5.69 Å². The second-order valence-corrected chi connectivity index (χ2v) is 5.23. The van der Waals surface area contributed by atoms with Gasteiger partial charge in [-0.15, -0.1) is 0 Å². The van der Waals surface area contributed by atoms with Crippen molar-refractivity contribution in [3.8, 4) is 0 Å². The molecule has 0 aliphatic heterocycles. The molecule has 0 N–H and O–H groups in total. The molecule has 0 aliphatic rings. The SMILES string of the molecule is O=[N+]([O-])c1cc2oc3c4ccccc4ccc3c2cc1Cl. The van der Waals surface area contributed by atoms with Crippen molar-refractivity contribution in [3.63, 3.8) is 0 Å². The normalized spacial score (nSPS) is 11.5. The summed E-state index contributed by atoms with van der Waals surface area (Å²) in [6.07, 6.45) is 0. The Morgan fingerprint density at radius 1 is 1.00 bits per heavy atom. The fourth-order valence-electron chi connectivity index (χ4n) is 2.65. The Morgan fingerprint density at radius 3 is 2.62 bits per heavy atom. The Hall–Kier alpha value is -2.59. The largest absolute Gasteiger partial charge is 0.455 e. The Morgan fingerprint density at radius 2 is 1.81 bits per heavy atom. The number of hydrogen-bond acceptors (Lipinski definition) is 3. The predicted molar refractivity (Wildman–Crippen MR) is 82.9 cm³/mol. The first-order valence-electron chi connectivity index (χ1n) is 6.33. The molecule has 5 heteroatoms. The molecule has 3 aromatic carbocycles. The minimum Gasteiger partial charge on any atom is -0.455 e. The molecule has 0 saturated carbocycles. The molecule has 4 aromatic rings. The summed E-state index contributed by atoms with van der Waals surface area (Å²) in [4.78, 5) is 10.5. The molecule has 0 fully saturated rings. The fourth-order valence-corrected chi connectivity index (χ4v) is 2.89. The van der Waals surface area contributed by atoms with Gasteiger partial charge in [-0.1, -0.05) is 41.9 Å². The van der Waals surface area contributed by atoms with Crippen LogP contribution in [0.15, 0.2) is 52.9 Å². The van der Waals surface area contributed by atoms with E-state index in [4.69, 9.17) is 16.0 Å². The third kappa shape index (κ3) is 1.69. The van der Waals surface area contributed by atoms with Gasteiger partial charge in [0.1, 0.15) is 16.2 Å². The molecule has 4 rings (SSSR count). The Balaban J connectivity index is 2.19. The van der Waals surface area contributed by atoms with Crippen molar-refractivity contribution >= 4 is 50.0 Å². The second kappa shape index (κ2) is 4.20. The zero-order valence-electron chi connectivity index (χ0n) is 10.7. The summed E-state index contributed by atoms with van der Waals surface area (Å²) < 4.78 is 5.85. The number of rotatable bonds is 1. The van der Waals surface area contributed by atoms with Crippen LogP contribution in [0.25, 0.3) is 32.7 Å². The lowest BCUT2D eigenvalue weighted by atomic mass is 10.1. The van der Waals surface area contributed by atoms with E-state index >= 15 is 0 Å². The summed E-state index contributed by atoms with van der Waals surface area (Å²) in [6, 6.07) is 14.8. The zero-order valence-corrected chi connectivity index (χ0v) is 11.4. The van der Waals surface area contributed by atoms with Crippen molar-refractivity contribution in [1.82, 2.24) is 0 Å². The molecule has 0 radical (unpaired) electrons. The van der Waals surface area contributed by atoms with Crippen LogP contribution < -0.4 is 0 Å². The average molecular weight is 298 g/mol. The molecule has 0 saturated heterocycles. The number of fused-ring (bicyclic) bond motifs is 5. The van der Waals surface area contributed by atoms with E-state index in [0.717, 1.165) is 27.1 Å². The highest BCUT2D eigenvalue weighted by atomic mass is 35.5. The van der Waals surface area contributed by atoms with E-state index in [1.54, 1.807) is 6.07 Å². The molecule has 4 nitrogen and oxygen atoms in total. The van der Waals surface area contributed by atoms with Crippen molar-refractivity contribution in [2.24, 2.45) is 0 Å². The van der Waals surface area contributed by atoms with Gasteiger partial charge in [0, 0.05) is 16.2 Å². The summed E-state index contributed by atoms with van der Waals surface area (Å²) in [5.41, 5.74) is 1.05. The zero-order chi connectivity index (χ0) is 14.6. The van der Waals surface area contributed by atoms with Crippen LogP contribution in [0.3, 0.4) is 0 Å². The third-order valence-electron chi connectivity index (χ3n) is 3.63. The van der Waals surface area contributed by atoms with Gasteiger partial charge in [-0.2, -0.15) is 0 Å². The first-order chi connectivity index (χ1) is 10.1. The summed E-state index contributed by atoms with van der Waals surface area (Å²) in [6.45, 7) is 0. The van der Waals surface area contributed by atoms with Gasteiger partial charge < -0.3 is 4.42 Å². The third-order valence-corrected chi connectivity index (χ3v) is 3.93. The molecule has 0 amide bonds. The Labute approximate surface area is 123 Å². The molecule has 102 valence electrons. The highest BCUT2D eigenvalue weighted by Crippen LogP contribution is 2.38. The summed E-state index contributed by atoms with van der Waals surface area (Å²) in [7, 11) is 0. The van der Waals surface area contributed by atoms with Crippen LogP contribution in [0, 0.1) is 10.1 Å². The van der Waals surface area contributed by atoms with Crippen LogP contribution in [0.5, 0.6) is 0 Å². The van der Waals surface area contributed by atoms with E-state index in [2.05, 4.69) is 0 Å². The lowest BCUT2D eigenvalue weighted by Gasteiger charge is -1.97. The second-order valence-electron chi connectivity index (χ2n) is 4.82. The van der Waals surface area contributed by atoms with E-state index in [1.807, 2.05) is 36.4 Å². The van der Waals surface area contributed by atoms with E-state index in [-0.39, 0.29) is 10.7 Å². The van der Waals surface area contributed by atoms with Gasteiger partial charge in [0.25, 0.3) is 5.69 Å². The Bertz CT molecular complexity index is 1040. The smallest absolute Gasteiger partial charge is 0.291 e. The number of nitro benzene ring substituents is 1. The van der Waals surface area contributed by atoms with Crippen LogP contribution in [-0.4, -0.2) is 4.92 Å². The highest BCUT2D eigenvalue weighted by Gasteiger charge is 2.18. The van der Waals surface area contributed by atoms with E-state index < -0.39 is 4.92 Å². The molecule has 0 aliphatic carbocycles. The van der Waals surface area contributed by atoms with E-state index in [0.29, 0.717) is 5.58 Å². The molecule has 0 spiro atoms. The van der Waals surface area contributed by atoms with Gasteiger partial charge in [-0.05, 0) is 17.5 Å². The minimum atomic E-state index is -0.507. The van der Waals surface area contributed by atoms with Gasteiger partial charge >= 0.3 is 0 Å². The molecule has 1 heterocycles. The summed E-state index contributed by atoms with van der Waals surface area (Å²) in [5.74, 6) is 0. The van der Waals surface area contributed by atoms with E-state index in [1.165, 1.54) is 6.07 Å². The summed E-state index contributed by atoms with van der Waals surface area (Å²) in [5, 5.41) is 14.8. The number of nitrogens with zero attached hydrogens (tertiary/aromatic N) is 1. The van der Waals surface area contributed by atoms with Gasteiger partial charge in [0.05, 0.1) is 11.0 Å². The van der Waals surface area contributed by atoms with Gasteiger partial charge in [-0.25, -0.2) is 0 Å². The van der Waals surface area contributed by atoms with Gasteiger partial charge in [-0.3, -0.25) is 10.1 Å². The molecule has 0 bridgehead atoms. The predicted octanol–water partition coefficient (Wildman–Crippen LogP) is 5.30. The molecule has 0 unspecified atom stereocenters. The van der Waals surface area contributed by atoms with Gasteiger partial charge in [0.15, 0.2) is 0 Å². The monoisotopic (exact) mass is 297 g/mol. The van der Waals surface area contributed by atoms with E-state index in [9.17, 15) is 10.1 Å². The molecule has 21 heavy (non-hydrogen) atoms. The van der Waals surface area contributed by atoms with Crippen molar-refractivity contribution in [2.75, 3.05) is 0 Å². The lowest BCUT2D eigenvalue weighted by Crippen LogP contribution is -1.88. The number of halogens is 1. The number of furan rings is 1.